The molecule has 1 saturated heterocycles. The Labute approximate surface area is 176 Å². The van der Waals surface area contributed by atoms with Gasteiger partial charge >= 0.3 is 0 Å². The monoisotopic (exact) mass is 412 g/mol. The molecule has 1 aromatic heterocycles. The third-order valence-corrected chi connectivity index (χ3v) is 5.11. The number of benzene rings is 1. The van der Waals surface area contributed by atoms with Gasteiger partial charge in [-0.3, -0.25) is 28.9 Å². The molecule has 3 amide bonds. The number of hydrogen-bond acceptors (Lipinski definition) is 5. The largest absolute Gasteiger partial charge is 0.326 e. The normalized spacial score (nSPS) is 16.2. The van der Waals surface area contributed by atoms with Gasteiger partial charge in [-0.15, -0.1) is 0 Å². The van der Waals surface area contributed by atoms with Crippen LogP contribution in [0.4, 0.5) is 17.2 Å². The maximum absolute atomic E-state index is 13.0. The number of aryl methyl sites for hydroxylation is 2. The van der Waals surface area contributed by atoms with Crippen LogP contribution in [0.25, 0.3) is 0 Å². The van der Waals surface area contributed by atoms with Crippen LogP contribution in [-0.2, 0) is 21.4 Å². The van der Waals surface area contributed by atoms with Gasteiger partial charge < -0.3 is 10.6 Å². The molecule has 2 N–H and O–H groups in total. The molecule has 3 rings (SSSR count). The molecule has 1 atom stereocenters. The lowest BCUT2D eigenvalue weighted by atomic mass is 10.2. The number of aromatic nitrogens is 2. The summed E-state index contributed by atoms with van der Waals surface area (Å²) in [5.74, 6) is 0.431. The predicted octanol–water partition coefficient (Wildman–Crippen LogP) is 1.75. The molecule has 1 fully saturated rings. The topological polar surface area (TPSA) is 99.6 Å². The standard InChI is InChI=1S/C21H28N6O3/c1-5-26(13-19(29)23-17-8-6-16(7-9-17)22-15(3)28)18-10-11-27(21(18)30)20-12-14(2)24-25(20)4/h6-9,12,18H,5,10-11,13H2,1-4H3,(H,22,28)(H,23,29)/t18-/m0/s1. The van der Waals surface area contributed by atoms with Crippen LogP contribution in [-0.4, -0.2) is 58.1 Å². The highest BCUT2D eigenvalue weighted by atomic mass is 16.2. The number of carbonyl (C=O) groups excluding carboxylic acids is 3. The van der Waals surface area contributed by atoms with Gasteiger partial charge in [-0.25, -0.2) is 0 Å². The van der Waals surface area contributed by atoms with Crippen molar-refractivity contribution in [3.05, 3.63) is 36.0 Å². The van der Waals surface area contributed by atoms with Gasteiger partial charge in [-0.1, -0.05) is 6.92 Å². The van der Waals surface area contributed by atoms with Crippen molar-refractivity contribution in [2.24, 2.45) is 7.05 Å². The van der Waals surface area contributed by atoms with Crippen LogP contribution in [0.2, 0.25) is 0 Å². The highest BCUT2D eigenvalue weighted by Gasteiger charge is 2.37. The van der Waals surface area contributed by atoms with Crippen LogP contribution in [0.1, 0.15) is 26.0 Å². The molecule has 1 aliphatic rings. The average molecular weight is 412 g/mol. The first-order valence-electron chi connectivity index (χ1n) is 10.0. The maximum Gasteiger partial charge on any atom is 0.245 e. The van der Waals surface area contributed by atoms with Gasteiger partial charge in [0.2, 0.25) is 17.7 Å². The van der Waals surface area contributed by atoms with E-state index in [2.05, 4.69) is 15.7 Å². The van der Waals surface area contributed by atoms with Gasteiger partial charge in [-0.2, -0.15) is 5.10 Å². The van der Waals surface area contributed by atoms with E-state index in [9.17, 15) is 14.4 Å². The van der Waals surface area contributed by atoms with Gasteiger partial charge in [0.1, 0.15) is 5.82 Å². The minimum Gasteiger partial charge on any atom is -0.326 e. The molecule has 2 heterocycles. The summed E-state index contributed by atoms with van der Waals surface area (Å²) in [5.41, 5.74) is 2.16. The molecule has 1 aliphatic heterocycles. The molecule has 9 heteroatoms. The first-order chi connectivity index (χ1) is 14.3. The van der Waals surface area contributed by atoms with Crippen molar-refractivity contribution < 1.29 is 14.4 Å². The number of likely N-dealkylation sites (N-methyl/N-ethyl adjacent to an activating group) is 1. The van der Waals surface area contributed by atoms with Crippen LogP contribution >= 0.6 is 0 Å². The fraction of sp³-hybridized carbons (Fsp3) is 0.429. The van der Waals surface area contributed by atoms with Crippen molar-refractivity contribution in [3.63, 3.8) is 0 Å². The summed E-state index contributed by atoms with van der Waals surface area (Å²) < 4.78 is 1.71. The Hall–Kier alpha value is -3.20. The first-order valence-corrected chi connectivity index (χ1v) is 10.0. The Bertz CT molecular complexity index is 937. The highest BCUT2D eigenvalue weighted by molar-refractivity contribution is 5.99. The first kappa shape index (κ1) is 21.5. The van der Waals surface area contributed by atoms with Gasteiger partial charge in [0, 0.05) is 38.0 Å². The minimum atomic E-state index is -0.335. The molecule has 1 aromatic carbocycles. The lowest BCUT2D eigenvalue weighted by molar-refractivity contribution is -0.123. The number of carbonyl (C=O) groups is 3. The summed E-state index contributed by atoms with van der Waals surface area (Å²) in [7, 11) is 1.82. The molecule has 30 heavy (non-hydrogen) atoms. The number of nitrogens with one attached hydrogen (secondary N) is 2. The molecule has 160 valence electrons. The van der Waals surface area contributed by atoms with E-state index in [1.807, 2.05) is 31.9 Å². The second kappa shape index (κ2) is 9.08. The number of amides is 3. The van der Waals surface area contributed by atoms with Crippen LogP contribution in [0.15, 0.2) is 30.3 Å². The Morgan fingerprint density at radius 1 is 1.20 bits per heavy atom. The molecular weight excluding hydrogens is 384 g/mol. The summed E-state index contributed by atoms with van der Waals surface area (Å²) in [6, 6.07) is 8.47. The zero-order valence-corrected chi connectivity index (χ0v) is 17.8. The molecule has 9 nitrogen and oxygen atoms in total. The van der Waals surface area contributed by atoms with E-state index < -0.39 is 0 Å². The third-order valence-electron chi connectivity index (χ3n) is 5.11. The molecular formula is C21H28N6O3. The van der Waals surface area contributed by atoms with Crippen LogP contribution in [0, 0.1) is 6.92 Å². The Morgan fingerprint density at radius 3 is 2.37 bits per heavy atom. The number of rotatable bonds is 7. The van der Waals surface area contributed by atoms with Crippen molar-refractivity contribution in [2.75, 3.05) is 35.2 Å². The van der Waals surface area contributed by atoms with E-state index in [1.165, 1.54) is 6.92 Å². The van der Waals surface area contributed by atoms with E-state index in [-0.39, 0.29) is 30.3 Å². The summed E-state index contributed by atoms with van der Waals surface area (Å²) in [4.78, 5) is 40.3. The Balaban J connectivity index is 1.61. The third kappa shape index (κ3) is 4.85. The maximum atomic E-state index is 13.0. The van der Waals surface area contributed by atoms with Crippen LogP contribution in [0.3, 0.4) is 0 Å². The Morgan fingerprint density at radius 2 is 1.83 bits per heavy atom. The van der Waals surface area contributed by atoms with Gasteiger partial charge in [0.15, 0.2) is 0 Å². The zero-order valence-electron chi connectivity index (χ0n) is 17.8. The van der Waals surface area contributed by atoms with Crippen molar-refractivity contribution in [1.29, 1.82) is 0 Å². The molecule has 0 unspecified atom stereocenters. The summed E-state index contributed by atoms with van der Waals surface area (Å²) in [5, 5.41) is 9.85. The lowest BCUT2D eigenvalue weighted by Crippen LogP contribution is -2.45. The molecule has 2 aromatic rings. The molecule has 0 saturated carbocycles. The van der Waals surface area contributed by atoms with E-state index in [1.54, 1.807) is 33.8 Å². The summed E-state index contributed by atoms with van der Waals surface area (Å²) >= 11 is 0. The van der Waals surface area contributed by atoms with E-state index in [0.717, 1.165) is 11.5 Å². The van der Waals surface area contributed by atoms with Crippen molar-refractivity contribution in [2.45, 2.75) is 33.2 Å². The van der Waals surface area contributed by atoms with Crippen molar-refractivity contribution >= 4 is 34.9 Å². The molecule has 0 bridgehead atoms. The second-order valence-corrected chi connectivity index (χ2v) is 7.43. The quantitative estimate of drug-likeness (QED) is 0.722. The lowest BCUT2D eigenvalue weighted by Gasteiger charge is -2.26. The number of anilines is 3. The van der Waals surface area contributed by atoms with Gasteiger partial charge in [0.05, 0.1) is 18.3 Å². The second-order valence-electron chi connectivity index (χ2n) is 7.43. The fourth-order valence-electron chi connectivity index (χ4n) is 3.75. The fourth-order valence-corrected chi connectivity index (χ4v) is 3.75. The predicted molar refractivity (Wildman–Crippen MR) is 115 cm³/mol. The van der Waals surface area contributed by atoms with Gasteiger partial charge in [-0.05, 0) is 44.2 Å². The zero-order chi connectivity index (χ0) is 21.8. The van der Waals surface area contributed by atoms with Gasteiger partial charge in [0.25, 0.3) is 0 Å². The summed E-state index contributed by atoms with van der Waals surface area (Å²) in [6.45, 7) is 6.59. The number of nitrogens with zero attached hydrogens (tertiary/aromatic N) is 4. The molecule has 0 radical (unpaired) electrons. The molecule has 0 aliphatic carbocycles. The minimum absolute atomic E-state index is 0.00712. The summed E-state index contributed by atoms with van der Waals surface area (Å²) in [6.07, 6.45) is 0.662. The van der Waals surface area contributed by atoms with E-state index >= 15 is 0 Å². The molecule has 0 spiro atoms. The van der Waals surface area contributed by atoms with Crippen LogP contribution < -0.4 is 15.5 Å². The van der Waals surface area contributed by atoms with Crippen molar-refractivity contribution in [1.82, 2.24) is 14.7 Å². The van der Waals surface area contributed by atoms with E-state index in [4.69, 9.17) is 0 Å². The highest BCUT2D eigenvalue weighted by Crippen LogP contribution is 2.25. The van der Waals surface area contributed by atoms with Crippen LogP contribution in [0.5, 0.6) is 0 Å². The average Bonchev–Trinajstić information content (AvgIpc) is 3.22. The van der Waals surface area contributed by atoms with Crippen molar-refractivity contribution in [3.8, 4) is 0 Å². The van der Waals surface area contributed by atoms with E-state index in [0.29, 0.717) is 30.9 Å². The number of hydrogen-bond donors (Lipinski definition) is 2. The smallest absolute Gasteiger partial charge is 0.245 e. The Kier molecular flexibility index (Phi) is 6.51. The SMILES string of the molecule is CCN(CC(=O)Nc1ccc(NC(C)=O)cc1)[C@H]1CCN(c2cc(C)nn2C)C1=O.